The van der Waals surface area contributed by atoms with Gasteiger partial charge < -0.3 is 13.8 Å². The monoisotopic (exact) mass is 406 g/mol. The van der Waals surface area contributed by atoms with Gasteiger partial charge >= 0.3 is 0 Å². The number of hydrogen-bond donors (Lipinski definition) is 0. The second kappa shape index (κ2) is 7.70. The lowest BCUT2D eigenvalue weighted by Gasteiger charge is -2.31. The van der Waals surface area contributed by atoms with Gasteiger partial charge in [0.25, 0.3) is 0 Å². The van der Waals surface area contributed by atoms with Gasteiger partial charge in [-0.25, -0.2) is 4.39 Å². The molecule has 0 radical (unpaired) electrons. The molecular formula is C22H19FN4O3. The van der Waals surface area contributed by atoms with Crippen LogP contribution in [0.5, 0.6) is 0 Å². The van der Waals surface area contributed by atoms with Crippen molar-refractivity contribution in [1.82, 2.24) is 20.3 Å². The predicted molar refractivity (Wildman–Crippen MR) is 106 cm³/mol. The Kier molecular flexibility index (Phi) is 4.74. The average molecular weight is 406 g/mol. The summed E-state index contributed by atoms with van der Waals surface area (Å²) >= 11 is 0. The van der Waals surface area contributed by atoms with Crippen LogP contribution in [0.1, 0.15) is 30.3 Å². The molecule has 1 atom stereocenters. The van der Waals surface area contributed by atoms with E-state index in [1.54, 1.807) is 12.1 Å². The van der Waals surface area contributed by atoms with Gasteiger partial charge in [-0.2, -0.15) is 0 Å². The molecule has 1 aliphatic heterocycles. The Labute approximate surface area is 171 Å². The first-order valence-corrected chi connectivity index (χ1v) is 9.88. The van der Waals surface area contributed by atoms with E-state index in [4.69, 9.17) is 8.94 Å². The number of likely N-dealkylation sites (tertiary alicyclic amines) is 1. The molecule has 8 heteroatoms. The van der Waals surface area contributed by atoms with E-state index in [2.05, 4.69) is 15.4 Å². The molecule has 30 heavy (non-hydrogen) atoms. The molecule has 4 aromatic rings. The molecule has 1 fully saturated rings. The molecule has 7 nitrogen and oxygen atoms in total. The number of fused-ring (bicyclic) bond motifs is 1. The third-order valence-corrected chi connectivity index (χ3v) is 5.43. The zero-order chi connectivity index (χ0) is 20.5. The Morgan fingerprint density at radius 3 is 2.83 bits per heavy atom. The molecule has 0 N–H and O–H groups in total. The van der Waals surface area contributed by atoms with E-state index < -0.39 is 0 Å². The summed E-state index contributed by atoms with van der Waals surface area (Å²) in [5.41, 5.74) is 1.99. The first kappa shape index (κ1) is 18.5. The van der Waals surface area contributed by atoms with Crippen molar-refractivity contribution in [2.24, 2.45) is 0 Å². The number of aromatic nitrogens is 3. The van der Waals surface area contributed by atoms with Crippen LogP contribution in [0, 0.1) is 5.82 Å². The van der Waals surface area contributed by atoms with Crippen LogP contribution in [0.2, 0.25) is 0 Å². The average Bonchev–Trinajstić information content (AvgIpc) is 3.42. The number of hydrogen-bond acceptors (Lipinski definition) is 6. The third kappa shape index (κ3) is 3.56. The first-order valence-electron chi connectivity index (χ1n) is 9.88. The highest BCUT2D eigenvalue weighted by atomic mass is 19.1. The van der Waals surface area contributed by atoms with Crippen LogP contribution in [0.3, 0.4) is 0 Å². The van der Waals surface area contributed by atoms with Crippen LogP contribution in [0.15, 0.2) is 57.5 Å². The maximum absolute atomic E-state index is 13.1. The molecule has 3 heterocycles. The number of rotatable bonds is 4. The highest BCUT2D eigenvalue weighted by Crippen LogP contribution is 2.29. The van der Waals surface area contributed by atoms with Gasteiger partial charge in [0.2, 0.25) is 17.7 Å². The summed E-state index contributed by atoms with van der Waals surface area (Å²) in [7, 11) is 0. The normalized spacial score (nSPS) is 16.8. The number of halogens is 1. The van der Waals surface area contributed by atoms with Crippen LogP contribution in [-0.4, -0.2) is 39.3 Å². The van der Waals surface area contributed by atoms with Crippen LogP contribution in [0.4, 0.5) is 4.39 Å². The Bertz CT molecular complexity index is 1180. The van der Waals surface area contributed by atoms with E-state index in [1.165, 1.54) is 12.1 Å². The van der Waals surface area contributed by atoms with E-state index in [9.17, 15) is 9.18 Å². The minimum atomic E-state index is -0.320. The van der Waals surface area contributed by atoms with Gasteiger partial charge in [0.15, 0.2) is 5.58 Å². The SMILES string of the molecule is O=C(Cc1noc2ccccc12)N1CCCC(c2nnc(-c3ccc(F)cc3)o2)C1. The maximum Gasteiger partial charge on any atom is 0.247 e. The minimum Gasteiger partial charge on any atom is -0.420 e. The smallest absolute Gasteiger partial charge is 0.247 e. The van der Waals surface area contributed by atoms with E-state index in [0.29, 0.717) is 41.7 Å². The number of nitrogens with zero attached hydrogens (tertiary/aromatic N) is 4. The van der Waals surface area contributed by atoms with Crippen LogP contribution < -0.4 is 0 Å². The summed E-state index contributed by atoms with van der Waals surface area (Å²) in [6, 6.07) is 13.4. The summed E-state index contributed by atoms with van der Waals surface area (Å²) in [5.74, 6) is 0.497. The number of carbonyl (C=O) groups is 1. The van der Waals surface area contributed by atoms with E-state index in [1.807, 2.05) is 29.2 Å². The lowest BCUT2D eigenvalue weighted by molar-refractivity contribution is -0.131. The van der Waals surface area contributed by atoms with Crippen molar-refractivity contribution in [3.8, 4) is 11.5 Å². The van der Waals surface area contributed by atoms with Crippen molar-refractivity contribution in [2.45, 2.75) is 25.2 Å². The molecule has 0 aliphatic carbocycles. The minimum absolute atomic E-state index is 0.00275. The summed E-state index contributed by atoms with van der Waals surface area (Å²) in [6.07, 6.45) is 1.90. The van der Waals surface area contributed by atoms with Crippen LogP contribution in [-0.2, 0) is 11.2 Å². The lowest BCUT2D eigenvalue weighted by Crippen LogP contribution is -2.40. The van der Waals surface area contributed by atoms with Crippen LogP contribution in [0.25, 0.3) is 22.4 Å². The molecule has 0 bridgehead atoms. The van der Waals surface area contributed by atoms with Gasteiger partial charge in [-0.05, 0) is 49.2 Å². The van der Waals surface area contributed by atoms with Crippen molar-refractivity contribution in [3.05, 3.63) is 65.9 Å². The summed E-state index contributed by atoms with van der Waals surface area (Å²) in [4.78, 5) is 14.7. The van der Waals surface area contributed by atoms with Gasteiger partial charge in [-0.15, -0.1) is 10.2 Å². The highest BCUT2D eigenvalue weighted by Gasteiger charge is 2.29. The Morgan fingerprint density at radius 1 is 1.13 bits per heavy atom. The van der Waals surface area contributed by atoms with Gasteiger partial charge in [-0.1, -0.05) is 17.3 Å². The van der Waals surface area contributed by atoms with Crippen molar-refractivity contribution in [3.63, 3.8) is 0 Å². The molecular weight excluding hydrogens is 387 g/mol. The fraction of sp³-hybridized carbons (Fsp3) is 0.273. The summed E-state index contributed by atoms with van der Waals surface area (Å²) in [6.45, 7) is 1.20. The molecule has 0 spiro atoms. The molecule has 1 amide bonds. The third-order valence-electron chi connectivity index (χ3n) is 5.43. The standard InChI is InChI=1S/C22H19FN4O3/c23-16-9-7-14(8-10-16)21-24-25-22(29-21)15-4-3-11-27(13-15)20(28)12-18-17-5-1-2-6-19(17)30-26-18/h1-2,5-10,15H,3-4,11-13H2. The van der Waals surface area contributed by atoms with Crippen molar-refractivity contribution < 1.29 is 18.1 Å². The number of para-hydroxylation sites is 1. The quantitative estimate of drug-likeness (QED) is 0.510. The maximum atomic E-state index is 13.1. The molecule has 1 saturated heterocycles. The number of carbonyl (C=O) groups excluding carboxylic acids is 1. The molecule has 1 aliphatic rings. The Hall–Kier alpha value is -3.55. The molecule has 1 unspecified atom stereocenters. The number of benzene rings is 2. The Morgan fingerprint density at radius 2 is 1.97 bits per heavy atom. The van der Waals surface area contributed by atoms with Gasteiger partial charge in [0, 0.05) is 24.0 Å². The van der Waals surface area contributed by atoms with E-state index in [0.717, 1.165) is 18.2 Å². The second-order valence-electron chi connectivity index (χ2n) is 7.43. The summed E-state index contributed by atoms with van der Waals surface area (Å²) < 4.78 is 24.3. The van der Waals surface area contributed by atoms with Crippen molar-refractivity contribution >= 4 is 16.9 Å². The molecule has 2 aromatic heterocycles. The van der Waals surface area contributed by atoms with Gasteiger partial charge in [0.05, 0.1) is 12.3 Å². The number of amides is 1. The van der Waals surface area contributed by atoms with Crippen molar-refractivity contribution in [1.29, 1.82) is 0 Å². The molecule has 152 valence electrons. The van der Waals surface area contributed by atoms with Crippen LogP contribution >= 0.6 is 0 Å². The summed E-state index contributed by atoms with van der Waals surface area (Å²) in [5, 5.41) is 13.2. The lowest BCUT2D eigenvalue weighted by atomic mass is 9.97. The van der Waals surface area contributed by atoms with E-state index >= 15 is 0 Å². The van der Waals surface area contributed by atoms with Gasteiger partial charge in [-0.3, -0.25) is 4.79 Å². The fourth-order valence-corrected chi connectivity index (χ4v) is 3.83. The second-order valence-corrected chi connectivity index (χ2v) is 7.43. The zero-order valence-electron chi connectivity index (χ0n) is 16.1. The first-order chi connectivity index (χ1) is 14.7. The van der Waals surface area contributed by atoms with Gasteiger partial charge in [0.1, 0.15) is 11.5 Å². The number of piperidine rings is 1. The zero-order valence-corrected chi connectivity index (χ0v) is 16.1. The topological polar surface area (TPSA) is 85.3 Å². The molecule has 0 saturated carbocycles. The molecule has 5 rings (SSSR count). The fourth-order valence-electron chi connectivity index (χ4n) is 3.83. The highest BCUT2D eigenvalue weighted by molar-refractivity contribution is 5.86. The predicted octanol–water partition coefficient (Wildman–Crippen LogP) is 3.97. The van der Waals surface area contributed by atoms with E-state index in [-0.39, 0.29) is 24.1 Å². The Balaban J connectivity index is 1.29. The largest absolute Gasteiger partial charge is 0.420 e. The molecule has 2 aromatic carbocycles. The van der Waals surface area contributed by atoms with Crippen molar-refractivity contribution in [2.75, 3.05) is 13.1 Å².